The Morgan fingerprint density at radius 2 is 2.00 bits per heavy atom. The maximum Gasteiger partial charge on any atom is 0.230 e. The first-order valence-electron chi connectivity index (χ1n) is 7.21. The Balaban J connectivity index is 2.19. The Morgan fingerprint density at radius 1 is 1.32 bits per heavy atom. The van der Waals surface area contributed by atoms with Gasteiger partial charge in [0.25, 0.3) is 0 Å². The number of benzene rings is 1. The highest BCUT2D eigenvalue weighted by atomic mass is 79.9. The third kappa shape index (κ3) is 3.02. The smallest absolute Gasteiger partial charge is 0.230 e. The molecule has 3 heteroatoms. The fraction of sp³-hybridized carbons (Fsp3) is 0.562. The zero-order valence-corrected chi connectivity index (χ0v) is 13.3. The highest BCUT2D eigenvalue weighted by molar-refractivity contribution is 9.10. The van der Waals surface area contributed by atoms with Crippen molar-refractivity contribution in [2.45, 2.75) is 52.4 Å². The van der Waals surface area contributed by atoms with Crippen molar-refractivity contribution in [1.82, 2.24) is 0 Å². The van der Waals surface area contributed by atoms with Crippen LogP contribution in [0.15, 0.2) is 22.7 Å². The van der Waals surface area contributed by atoms with E-state index in [0.29, 0.717) is 0 Å². The van der Waals surface area contributed by atoms with Crippen LogP contribution in [-0.2, 0) is 11.2 Å². The number of hydrogen-bond acceptors (Lipinski definition) is 1. The van der Waals surface area contributed by atoms with E-state index >= 15 is 0 Å². The van der Waals surface area contributed by atoms with E-state index in [1.807, 2.05) is 12.1 Å². The molecule has 1 aromatic rings. The molecule has 1 fully saturated rings. The summed E-state index contributed by atoms with van der Waals surface area (Å²) in [5, 5.41) is 3.16. The second-order valence-electron chi connectivity index (χ2n) is 5.45. The Kier molecular flexibility index (Phi) is 4.67. The Bertz CT molecular complexity index is 464. The number of anilines is 1. The summed E-state index contributed by atoms with van der Waals surface area (Å²) in [6, 6.07) is 6.07. The molecule has 0 saturated heterocycles. The number of hydrogen-bond donors (Lipinski definition) is 1. The molecule has 0 atom stereocenters. The van der Waals surface area contributed by atoms with Crippen LogP contribution in [0.4, 0.5) is 5.69 Å². The van der Waals surface area contributed by atoms with Crippen molar-refractivity contribution in [1.29, 1.82) is 0 Å². The minimum absolute atomic E-state index is 0.127. The maximum atomic E-state index is 12.6. The summed E-state index contributed by atoms with van der Waals surface area (Å²) in [7, 11) is 0. The number of halogens is 1. The molecule has 1 aliphatic rings. The molecular weight excluding hydrogens is 302 g/mol. The van der Waals surface area contributed by atoms with Gasteiger partial charge < -0.3 is 5.32 Å². The Morgan fingerprint density at radius 3 is 2.58 bits per heavy atom. The van der Waals surface area contributed by atoms with Crippen molar-refractivity contribution in [2.75, 3.05) is 5.32 Å². The largest absolute Gasteiger partial charge is 0.325 e. The summed E-state index contributed by atoms with van der Waals surface area (Å²) in [4.78, 5) is 12.6. The van der Waals surface area contributed by atoms with E-state index in [-0.39, 0.29) is 11.3 Å². The van der Waals surface area contributed by atoms with Crippen LogP contribution in [0, 0.1) is 5.41 Å². The molecule has 1 amide bonds. The van der Waals surface area contributed by atoms with Crippen molar-refractivity contribution in [3.63, 3.8) is 0 Å². The number of amides is 1. The van der Waals surface area contributed by atoms with Crippen molar-refractivity contribution in [3.05, 3.63) is 28.2 Å². The molecule has 0 heterocycles. The maximum absolute atomic E-state index is 12.6. The lowest BCUT2D eigenvalue weighted by Gasteiger charge is -2.26. The predicted molar refractivity (Wildman–Crippen MR) is 83.3 cm³/mol. The zero-order valence-electron chi connectivity index (χ0n) is 11.8. The SMILES string of the molecule is CCc1cc(Br)ccc1NC(=O)C1(CC)CCCC1. The number of carbonyl (C=O) groups excluding carboxylic acids is 1. The fourth-order valence-electron chi connectivity index (χ4n) is 3.02. The Labute approximate surface area is 124 Å². The minimum atomic E-state index is -0.127. The second kappa shape index (κ2) is 6.08. The normalized spacial score (nSPS) is 17.4. The molecule has 1 N–H and O–H groups in total. The average Bonchev–Trinajstić information content (AvgIpc) is 2.90. The first-order chi connectivity index (χ1) is 9.11. The molecule has 0 aromatic heterocycles. The van der Waals surface area contributed by atoms with Gasteiger partial charge in [0.05, 0.1) is 0 Å². The number of rotatable bonds is 4. The molecule has 0 bridgehead atoms. The van der Waals surface area contributed by atoms with E-state index in [0.717, 1.165) is 35.8 Å². The van der Waals surface area contributed by atoms with E-state index in [1.165, 1.54) is 18.4 Å². The lowest BCUT2D eigenvalue weighted by atomic mass is 9.82. The third-order valence-corrected chi connectivity index (χ3v) is 4.91. The average molecular weight is 324 g/mol. The van der Waals surface area contributed by atoms with E-state index in [1.54, 1.807) is 0 Å². The fourth-order valence-corrected chi connectivity index (χ4v) is 3.43. The van der Waals surface area contributed by atoms with E-state index in [2.05, 4.69) is 41.2 Å². The number of aryl methyl sites for hydroxylation is 1. The van der Waals surface area contributed by atoms with Crippen LogP contribution < -0.4 is 5.32 Å². The molecule has 104 valence electrons. The number of nitrogens with one attached hydrogen (secondary N) is 1. The highest BCUT2D eigenvalue weighted by Gasteiger charge is 2.39. The molecular formula is C16H22BrNO. The quantitative estimate of drug-likeness (QED) is 0.837. The van der Waals surface area contributed by atoms with Crippen molar-refractivity contribution >= 4 is 27.5 Å². The van der Waals surface area contributed by atoms with Gasteiger partial charge in [0.1, 0.15) is 0 Å². The van der Waals surface area contributed by atoms with Gasteiger partial charge in [-0.3, -0.25) is 4.79 Å². The van der Waals surface area contributed by atoms with Gasteiger partial charge in [-0.2, -0.15) is 0 Å². The van der Waals surface area contributed by atoms with Gasteiger partial charge in [-0.05, 0) is 49.4 Å². The van der Waals surface area contributed by atoms with Crippen LogP contribution >= 0.6 is 15.9 Å². The predicted octanol–water partition coefficient (Wildman–Crippen LogP) is 4.92. The zero-order chi connectivity index (χ0) is 13.9. The van der Waals surface area contributed by atoms with Crippen LogP contribution in [0.25, 0.3) is 0 Å². The highest BCUT2D eigenvalue weighted by Crippen LogP contribution is 2.42. The molecule has 0 radical (unpaired) electrons. The van der Waals surface area contributed by atoms with Crippen LogP contribution in [0.5, 0.6) is 0 Å². The molecule has 2 nitrogen and oxygen atoms in total. The van der Waals surface area contributed by atoms with Crippen LogP contribution in [0.2, 0.25) is 0 Å². The van der Waals surface area contributed by atoms with Crippen LogP contribution in [0.3, 0.4) is 0 Å². The standard InChI is InChI=1S/C16H22BrNO/c1-3-12-11-13(17)7-8-14(12)18-15(19)16(4-2)9-5-6-10-16/h7-8,11H,3-6,9-10H2,1-2H3,(H,18,19). The van der Waals surface area contributed by atoms with Gasteiger partial charge in [0, 0.05) is 15.6 Å². The molecule has 0 unspecified atom stereocenters. The summed E-state index contributed by atoms with van der Waals surface area (Å²) >= 11 is 3.48. The van der Waals surface area contributed by atoms with E-state index < -0.39 is 0 Å². The van der Waals surface area contributed by atoms with Gasteiger partial charge in [0.2, 0.25) is 5.91 Å². The molecule has 1 aromatic carbocycles. The van der Waals surface area contributed by atoms with Crippen molar-refractivity contribution < 1.29 is 4.79 Å². The summed E-state index contributed by atoms with van der Waals surface area (Å²) in [6.45, 7) is 4.25. The van der Waals surface area contributed by atoms with Gasteiger partial charge in [-0.25, -0.2) is 0 Å². The second-order valence-corrected chi connectivity index (χ2v) is 6.37. The lowest BCUT2D eigenvalue weighted by Crippen LogP contribution is -2.33. The first-order valence-corrected chi connectivity index (χ1v) is 8.00. The van der Waals surface area contributed by atoms with E-state index in [9.17, 15) is 4.79 Å². The van der Waals surface area contributed by atoms with Gasteiger partial charge in [-0.15, -0.1) is 0 Å². The summed E-state index contributed by atoms with van der Waals surface area (Å²) in [5.74, 6) is 0.213. The van der Waals surface area contributed by atoms with E-state index in [4.69, 9.17) is 0 Å². The summed E-state index contributed by atoms with van der Waals surface area (Å²) < 4.78 is 1.06. The minimum Gasteiger partial charge on any atom is -0.325 e. The third-order valence-electron chi connectivity index (χ3n) is 4.42. The van der Waals surface area contributed by atoms with Crippen molar-refractivity contribution in [3.8, 4) is 0 Å². The van der Waals surface area contributed by atoms with Crippen LogP contribution in [-0.4, -0.2) is 5.91 Å². The van der Waals surface area contributed by atoms with Crippen molar-refractivity contribution in [2.24, 2.45) is 5.41 Å². The molecule has 1 saturated carbocycles. The van der Waals surface area contributed by atoms with Crippen LogP contribution in [0.1, 0.15) is 51.5 Å². The van der Waals surface area contributed by atoms with Gasteiger partial charge in [0.15, 0.2) is 0 Å². The molecule has 0 aliphatic heterocycles. The molecule has 19 heavy (non-hydrogen) atoms. The summed E-state index contributed by atoms with van der Waals surface area (Å²) in [6.07, 6.45) is 6.30. The monoisotopic (exact) mass is 323 g/mol. The summed E-state index contributed by atoms with van der Waals surface area (Å²) in [5.41, 5.74) is 2.03. The lowest BCUT2D eigenvalue weighted by molar-refractivity contribution is -0.125. The van der Waals surface area contributed by atoms with Gasteiger partial charge >= 0.3 is 0 Å². The topological polar surface area (TPSA) is 29.1 Å². The van der Waals surface area contributed by atoms with Gasteiger partial charge in [-0.1, -0.05) is 42.6 Å². The molecule has 0 spiro atoms. The Hall–Kier alpha value is -0.830. The molecule has 1 aliphatic carbocycles. The molecule has 2 rings (SSSR count). The first kappa shape index (κ1) is 14.6. The number of carbonyl (C=O) groups is 1.